The van der Waals surface area contributed by atoms with Crippen LogP contribution in [0.4, 0.5) is 5.69 Å². The van der Waals surface area contributed by atoms with E-state index >= 15 is 0 Å². The van der Waals surface area contributed by atoms with Crippen molar-refractivity contribution in [2.45, 2.75) is 26.4 Å². The zero-order chi connectivity index (χ0) is 27.6. The van der Waals surface area contributed by atoms with Crippen LogP contribution in [0.15, 0.2) is 71.3 Å². The van der Waals surface area contributed by atoms with Crippen molar-refractivity contribution >= 4 is 17.5 Å². The summed E-state index contributed by atoms with van der Waals surface area (Å²) in [5, 5.41) is 11.5. The summed E-state index contributed by atoms with van der Waals surface area (Å²) >= 11 is 0. The van der Waals surface area contributed by atoms with E-state index in [4.69, 9.17) is 9.15 Å². The van der Waals surface area contributed by atoms with Crippen LogP contribution >= 0.6 is 0 Å². The van der Waals surface area contributed by atoms with Gasteiger partial charge in [0.15, 0.2) is 0 Å². The molecule has 0 bridgehead atoms. The van der Waals surface area contributed by atoms with Crippen LogP contribution in [0.3, 0.4) is 0 Å². The number of hydrogen-bond acceptors (Lipinski definition) is 7. The first kappa shape index (κ1) is 28.0. The maximum absolute atomic E-state index is 13.7. The van der Waals surface area contributed by atoms with Crippen molar-refractivity contribution in [2.24, 2.45) is 0 Å². The normalized spacial score (nSPS) is 13.7. The van der Waals surface area contributed by atoms with Crippen LogP contribution in [0.25, 0.3) is 0 Å². The fraction of sp³-hybridized carbons (Fsp3) is 0.379. The van der Waals surface area contributed by atoms with E-state index in [0.29, 0.717) is 44.0 Å². The van der Waals surface area contributed by atoms with Crippen molar-refractivity contribution in [3.05, 3.63) is 99.5 Å². The molecule has 10 heteroatoms. The summed E-state index contributed by atoms with van der Waals surface area (Å²) in [6, 6.07) is 17.6. The minimum atomic E-state index is -0.495. The number of aryl methyl sites for hydroxylation is 1. The van der Waals surface area contributed by atoms with Gasteiger partial charge in [0.1, 0.15) is 12.3 Å². The van der Waals surface area contributed by atoms with Gasteiger partial charge < -0.3 is 19.0 Å². The van der Waals surface area contributed by atoms with Gasteiger partial charge in [-0.05, 0) is 37.1 Å². The monoisotopic (exact) mass is 534 g/mol. The molecular weight excluding hydrogens is 500 g/mol. The van der Waals surface area contributed by atoms with Gasteiger partial charge in [0.25, 0.3) is 11.6 Å². The first-order valence-electron chi connectivity index (χ1n) is 13.1. The molecule has 1 aromatic heterocycles. The Kier molecular flexibility index (Phi) is 9.82. The number of carbonyl (C=O) groups is 2. The Bertz CT molecular complexity index is 1240. The number of furan rings is 1. The second-order valence-corrected chi connectivity index (χ2v) is 9.61. The van der Waals surface area contributed by atoms with Crippen molar-refractivity contribution in [3.63, 3.8) is 0 Å². The first-order chi connectivity index (χ1) is 18.9. The van der Waals surface area contributed by atoms with Gasteiger partial charge in [-0.15, -0.1) is 0 Å². The van der Waals surface area contributed by atoms with E-state index in [1.54, 1.807) is 36.3 Å². The number of morpholine rings is 1. The van der Waals surface area contributed by atoms with Gasteiger partial charge in [0.05, 0.1) is 30.9 Å². The number of amides is 2. The number of ether oxygens (including phenoxy) is 1. The standard InChI is InChI=1S/C29H34N4O6/c1-23-10-11-25(19-27(23)33(36)37)29(35)31(13-6-12-30-14-17-38-18-15-30)22-28(34)32(21-26-9-5-16-39-26)20-24-7-3-2-4-8-24/h2-5,7-11,16,19H,6,12-15,17-18,20-22H2,1H3. The number of benzene rings is 2. The maximum atomic E-state index is 13.7. The van der Waals surface area contributed by atoms with Gasteiger partial charge in [-0.2, -0.15) is 0 Å². The van der Waals surface area contributed by atoms with Crippen molar-refractivity contribution < 1.29 is 23.7 Å². The van der Waals surface area contributed by atoms with Gasteiger partial charge in [-0.25, -0.2) is 0 Å². The molecule has 0 unspecified atom stereocenters. The summed E-state index contributed by atoms with van der Waals surface area (Å²) in [6.07, 6.45) is 2.22. The lowest BCUT2D eigenvalue weighted by Gasteiger charge is -2.30. The Hall–Kier alpha value is -4.02. The predicted molar refractivity (Wildman–Crippen MR) is 145 cm³/mol. The average molecular weight is 535 g/mol. The van der Waals surface area contributed by atoms with Gasteiger partial charge >= 0.3 is 0 Å². The molecule has 0 aliphatic carbocycles. The van der Waals surface area contributed by atoms with E-state index in [1.165, 1.54) is 11.0 Å². The smallest absolute Gasteiger partial charge is 0.273 e. The fourth-order valence-electron chi connectivity index (χ4n) is 4.57. The van der Waals surface area contributed by atoms with E-state index in [-0.39, 0.29) is 30.2 Å². The SMILES string of the molecule is Cc1ccc(C(=O)N(CCCN2CCOCC2)CC(=O)N(Cc2ccccc2)Cc2ccco2)cc1[N+](=O)[O-]. The molecule has 0 radical (unpaired) electrons. The van der Waals surface area contributed by atoms with Gasteiger partial charge in [0.2, 0.25) is 5.91 Å². The molecule has 0 atom stereocenters. The van der Waals surface area contributed by atoms with Crippen LogP contribution in [-0.4, -0.2) is 77.4 Å². The number of nitrogens with zero attached hydrogens (tertiary/aromatic N) is 4. The number of nitro benzene ring substituents is 1. The average Bonchev–Trinajstić information content (AvgIpc) is 3.46. The Labute approximate surface area is 227 Å². The highest BCUT2D eigenvalue weighted by atomic mass is 16.6. The first-order valence-corrected chi connectivity index (χ1v) is 13.1. The zero-order valence-electron chi connectivity index (χ0n) is 22.2. The Morgan fingerprint density at radius 1 is 1.00 bits per heavy atom. The second kappa shape index (κ2) is 13.7. The second-order valence-electron chi connectivity index (χ2n) is 9.61. The van der Waals surface area contributed by atoms with E-state index in [0.717, 1.165) is 25.2 Å². The number of rotatable bonds is 12. The van der Waals surface area contributed by atoms with Crippen LogP contribution in [0.5, 0.6) is 0 Å². The van der Waals surface area contributed by atoms with Crippen LogP contribution in [0.1, 0.15) is 33.7 Å². The summed E-state index contributed by atoms with van der Waals surface area (Å²) in [5.74, 6) is -0.0127. The Morgan fingerprint density at radius 3 is 2.46 bits per heavy atom. The molecule has 1 saturated heterocycles. The Morgan fingerprint density at radius 2 is 1.77 bits per heavy atom. The highest BCUT2D eigenvalue weighted by Gasteiger charge is 2.25. The van der Waals surface area contributed by atoms with Crippen molar-refractivity contribution in [1.82, 2.24) is 14.7 Å². The molecule has 1 aliphatic heterocycles. The molecule has 2 heterocycles. The molecule has 0 N–H and O–H groups in total. The third-order valence-electron chi connectivity index (χ3n) is 6.77. The molecule has 2 aromatic carbocycles. The van der Waals surface area contributed by atoms with Crippen LogP contribution < -0.4 is 0 Å². The van der Waals surface area contributed by atoms with E-state index in [1.807, 2.05) is 36.4 Å². The third kappa shape index (κ3) is 7.98. The van der Waals surface area contributed by atoms with Gasteiger partial charge in [-0.3, -0.25) is 24.6 Å². The van der Waals surface area contributed by atoms with Gasteiger partial charge in [0, 0.05) is 49.9 Å². The highest BCUT2D eigenvalue weighted by Crippen LogP contribution is 2.21. The molecule has 0 saturated carbocycles. The largest absolute Gasteiger partial charge is 0.467 e. The summed E-state index contributed by atoms with van der Waals surface area (Å²) in [6.45, 7) is 6.18. The quantitative estimate of drug-likeness (QED) is 0.256. The zero-order valence-corrected chi connectivity index (χ0v) is 22.2. The molecule has 0 spiro atoms. The van der Waals surface area contributed by atoms with E-state index in [2.05, 4.69) is 4.90 Å². The number of hydrogen-bond donors (Lipinski definition) is 0. The molecule has 10 nitrogen and oxygen atoms in total. The third-order valence-corrected chi connectivity index (χ3v) is 6.77. The van der Waals surface area contributed by atoms with Gasteiger partial charge in [-0.1, -0.05) is 36.4 Å². The molecule has 1 aliphatic rings. The molecule has 206 valence electrons. The van der Waals surface area contributed by atoms with Crippen molar-refractivity contribution in [1.29, 1.82) is 0 Å². The van der Waals surface area contributed by atoms with Crippen LogP contribution in [-0.2, 0) is 22.6 Å². The molecule has 39 heavy (non-hydrogen) atoms. The number of nitro groups is 1. The van der Waals surface area contributed by atoms with Crippen molar-refractivity contribution in [2.75, 3.05) is 45.9 Å². The highest BCUT2D eigenvalue weighted by molar-refractivity contribution is 5.97. The minimum absolute atomic E-state index is 0.121. The molecule has 4 rings (SSSR count). The van der Waals surface area contributed by atoms with E-state index in [9.17, 15) is 19.7 Å². The lowest BCUT2D eigenvalue weighted by atomic mass is 10.1. The summed E-state index contributed by atoms with van der Waals surface area (Å²) < 4.78 is 10.9. The molecule has 1 fully saturated rings. The fourth-order valence-corrected chi connectivity index (χ4v) is 4.57. The lowest BCUT2D eigenvalue weighted by Crippen LogP contribution is -2.44. The molecular formula is C29H34N4O6. The summed E-state index contributed by atoms with van der Waals surface area (Å²) in [5.41, 5.74) is 1.49. The minimum Gasteiger partial charge on any atom is -0.467 e. The maximum Gasteiger partial charge on any atom is 0.273 e. The predicted octanol–water partition coefficient (Wildman–Crippen LogP) is 3.89. The van der Waals surface area contributed by atoms with E-state index < -0.39 is 10.8 Å². The Balaban J connectivity index is 1.53. The lowest BCUT2D eigenvalue weighted by molar-refractivity contribution is -0.385. The summed E-state index contributed by atoms with van der Waals surface area (Å²) in [4.78, 5) is 43.7. The topological polar surface area (TPSA) is 109 Å². The van der Waals surface area contributed by atoms with Crippen LogP contribution in [0, 0.1) is 17.0 Å². The van der Waals surface area contributed by atoms with Crippen molar-refractivity contribution in [3.8, 4) is 0 Å². The molecule has 2 amide bonds. The summed E-state index contributed by atoms with van der Waals surface area (Å²) in [7, 11) is 0. The number of carbonyl (C=O) groups excluding carboxylic acids is 2. The molecule has 3 aromatic rings. The van der Waals surface area contributed by atoms with Crippen LogP contribution in [0.2, 0.25) is 0 Å².